The van der Waals surface area contributed by atoms with Gasteiger partial charge < -0.3 is 10.6 Å². The number of hydrogen-bond acceptors (Lipinski definition) is 3. The predicted octanol–water partition coefficient (Wildman–Crippen LogP) is 0.590. The molecule has 1 aliphatic heterocycles. The lowest BCUT2D eigenvalue weighted by atomic mass is 10.5. The van der Waals surface area contributed by atoms with Crippen LogP contribution >= 0.6 is 0 Å². The summed E-state index contributed by atoms with van der Waals surface area (Å²) in [5, 5.41) is 6.30. The fourth-order valence-electron chi connectivity index (χ4n) is 0.760. The van der Waals surface area contributed by atoms with Gasteiger partial charge in [-0.2, -0.15) is 0 Å². The maximum atomic E-state index is 4.17. The average Bonchev–Trinajstić information content (AvgIpc) is 2.34. The van der Waals surface area contributed by atoms with Crippen LogP contribution < -0.4 is 10.6 Å². The molecule has 3 nitrogen and oxygen atoms in total. The summed E-state index contributed by atoms with van der Waals surface area (Å²) in [6.07, 6.45) is 1.15. The summed E-state index contributed by atoms with van der Waals surface area (Å²) < 4.78 is 0. The predicted molar refractivity (Wildman–Crippen MR) is 45.3 cm³/mol. The summed E-state index contributed by atoms with van der Waals surface area (Å²) >= 11 is 0. The van der Waals surface area contributed by atoms with Gasteiger partial charge in [0.2, 0.25) is 0 Å². The number of nitrogens with zero attached hydrogens (tertiary/aromatic N) is 1. The molecule has 0 aromatic carbocycles. The van der Waals surface area contributed by atoms with Crippen molar-refractivity contribution >= 4 is 5.96 Å². The molecular weight excluding hydrogens is 133 g/mol. The van der Waals surface area contributed by atoms with Gasteiger partial charge in [-0.25, -0.2) is 0 Å². The first-order chi connectivity index (χ1) is 4.43. The average molecular weight is 151 g/mol. The van der Waals surface area contributed by atoms with Crippen molar-refractivity contribution < 1.29 is 7.56 Å². The first-order valence-corrected chi connectivity index (χ1v) is 3.45. The zero-order valence-electron chi connectivity index (χ0n) is 6.18. The molecule has 0 bridgehead atoms. The molecule has 0 atom stereocenters. The Bertz CT molecular complexity index is 121. The Morgan fingerprint density at radius 3 is 3.10 bits per heavy atom. The molecule has 0 saturated carbocycles. The zero-order valence-corrected chi connectivity index (χ0v) is 6.18. The van der Waals surface area contributed by atoms with Crippen LogP contribution in [0.2, 0.25) is 0 Å². The molecule has 0 radical (unpaired) electrons. The van der Waals surface area contributed by atoms with Crippen molar-refractivity contribution in [3.05, 3.63) is 0 Å². The third-order valence-electron chi connectivity index (χ3n) is 1.22. The topological polar surface area (TPSA) is 36.4 Å². The molecule has 1 rings (SSSR count). The molecule has 1 aliphatic rings. The Balaban J connectivity index is -0.000000270. The standard InChI is InChI=1S/C6H13N3.FH.2H2/c1-2-3-7-6-8-4-5-9-6;;;/h2-5H2,1H3,(H2,7,8,9);3*1H. The number of rotatable bonds is 2. The molecule has 0 saturated heterocycles. The van der Waals surface area contributed by atoms with Crippen molar-refractivity contribution in [2.24, 2.45) is 4.99 Å². The maximum Gasteiger partial charge on any atom is 0.191 e. The lowest BCUT2D eigenvalue weighted by Gasteiger charge is -2.02. The van der Waals surface area contributed by atoms with Crippen LogP contribution in [-0.2, 0) is 0 Å². The van der Waals surface area contributed by atoms with E-state index in [4.69, 9.17) is 0 Å². The molecular formula is C6H18FN3. The molecule has 0 fully saturated rings. The van der Waals surface area contributed by atoms with E-state index < -0.39 is 0 Å². The SMILES string of the molecule is CCCNC1=NCCN1.F.[HH].[HH]. The monoisotopic (exact) mass is 151 g/mol. The molecule has 64 valence electrons. The minimum atomic E-state index is 0. The smallest absolute Gasteiger partial charge is 0.191 e. The number of halogens is 1. The first-order valence-electron chi connectivity index (χ1n) is 3.45. The van der Waals surface area contributed by atoms with Crippen molar-refractivity contribution in [3.8, 4) is 0 Å². The summed E-state index contributed by atoms with van der Waals surface area (Å²) in [6.45, 7) is 5.08. The van der Waals surface area contributed by atoms with Gasteiger partial charge in [0, 0.05) is 15.9 Å². The van der Waals surface area contributed by atoms with Crippen LogP contribution in [0, 0.1) is 0 Å². The summed E-state index contributed by atoms with van der Waals surface area (Å²) in [5.41, 5.74) is 0. The van der Waals surface area contributed by atoms with Gasteiger partial charge >= 0.3 is 0 Å². The van der Waals surface area contributed by atoms with Crippen molar-refractivity contribution in [2.45, 2.75) is 13.3 Å². The lowest BCUT2D eigenvalue weighted by Crippen LogP contribution is -2.33. The van der Waals surface area contributed by atoms with Crippen molar-refractivity contribution in [3.63, 3.8) is 0 Å². The van der Waals surface area contributed by atoms with Gasteiger partial charge in [-0.3, -0.25) is 9.70 Å². The first kappa shape index (κ1) is 9.20. The molecule has 0 aromatic rings. The van der Waals surface area contributed by atoms with E-state index in [1.54, 1.807) is 0 Å². The highest BCUT2D eigenvalue weighted by atomic mass is 19.0. The number of nitrogens with one attached hydrogen (secondary N) is 2. The van der Waals surface area contributed by atoms with Crippen LogP contribution in [0.3, 0.4) is 0 Å². The highest BCUT2D eigenvalue weighted by Gasteiger charge is 2.00. The third-order valence-corrected chi connectivity index (χ3v) is 1.22. The summed E-state index contributed by atoms with van der Waals surface area (Å²) in [5.74, 6) is 0.969. The van der Waals surface area contributed by atoms with Crippen molar-refractivity contribution in [2.75, 3.05) is 19.6 Å². The molecule has 4 heteroatoms. The molecule has 2 N–H and O–H groups in total. The Labute approximate surface area is 63.3 Å². The molecule has 0 unspecified atom stereocenters. The maximum absolute atomic E-state index is 4.17. The van der Waals surface area contributed by atoms with E-state index in [9.17, 15) is 0 Å². The number of aliphatic imine (C=N–C) groups is 1. The van der Waals surface area contributed by atoms with Crippen LogP contribution in [0.5, 0.6) is 0 Å². The zero-order chi connectivity index (χ0) is 6.53. The lowest BCUT2D eigenvalue weighted by molar-refractivity contribution is 0.817. The molecule has 10 heavy (non-hydrogen) atoms. The Morgan fingerprint density at radius 1 is 1.80 bits per heavy atom. The van der Waals surface area contributed by atoms with Gasteiger partial charge in [-0.05, 0) is 6.42 Å². The van der Waals surface area contributed by atoms with Gasteiger partial charge in [0.15, 0.2) is 5.96 Å². The van der Waals surface area contributed by atoms with Gasteiger partial charge in [0.05, 0.1) is 6.54 Å². The van der Waals surface area contributed by atoms with Crippen LogP contribution in [0.25, 0.3) is 0 Å². The third kappa shape index (κ3) is 2.66. The van der Waals surface area contributed by atoms with Crippen LogP contribution in [0.15, 0.2) is 4.99 Å². The molecule has 0 aromatic heterocycles. The van der Waals surface area contributed by atoms with Crippen molar-refractivity contribution in [1.82, 2.24) is 10.6 Å². The van der Waals surface area contributed by atoms with Crippen LogP contribution in [-0.4, -0.2) is 25.6 Å². The second-order valence-electron chi connectivity index (χ2n) is 2.08. The number of guanidine groups is 1. The van der Waals surface area contributed by atoms with Gasteiger partial charge in [0.25, 0.3) is 0 Å². The van der Waals surface area contributed by atoms with E-state index in [0.717, 1.165) is 32.0 Å². The fourth-order valence-corrected chi connectivity index (χ4v) is 0.760. The van der Waals surface area contributed by atoms with E-state index >= 15 is 0 Å². The summed E-state index contributed by atoms with van der Waals surface area (Å²) in [4.78, 5) is 4.17. The van der Waals surface area contributed by atoms with E-state index in [-0.39, 0.29) is 7.56 Å². The molecule has 1 heterocycles. The number of hydrogen-bond donors (Lipinski definition) is 2. The second-order valence-corrected chi connectivity index (χ2v) is 2.08. The van der Waals surface area contributed by atoms with Gasteiger partial charge in [-0.1, -0.05) is 6.92 Å². The van der Waals surface area contributed by atoms with Gasteiger partial charge in [0.1, 0.15) is 0 Å². The van der Waals surface area contributed by atoms with E-state index in [1.807, 2.05) is 0 Å². The molecule has 0 amide bonds. The quantitative estimate of drug-likeness (QED) is 0.606. The Hall–Kier alpha value is -0.800. The van der Waals surface area contributed by atoms with E-state index in [1.165, 1.54) is 0 Å². The van der Waals surface area contributed by atoms with Crippen molar-refractivity contribution in [1.29, 1.82) is 0 Å². The molecule has 0 spiro atoms. The fraction of sp³-hybridized carbons (Fsp3) is 0.833. The Morgan fingerprint density at radius 2 is 2.60 bits per heavy atom. The largest absolute Gasteiger partial charge is 0.356 e. The minimum absolute atomic E-state index is 0. The van der Waals surface area contributed by atoms with Crippen LogP contribution in [0.4, 0.5) is 4.70 Å². The van der Waals surface area contributed by atoms with E-state index in [2.05, 4.69) is 22.5 Å². The highest BCUT2D eigenvalue weighted by molar-refractivity contribution is 5.81. The normalized spacial score (nSPS) is 15.1. The van der Waals surface area contributed by atoms with Gasteiger partial charge in [-0.15, -0.1) is 0 Å². The Kier molecular flexibility index (Phi) is 4.62. The summed E-state index contributed by atoms with van der Waals surface area (Å²) in [6, 6.07) is 0. The summed E-state index contributed by atoms with van der Waals surface area (Å²) in [7, 11) is 0. The van der Waals surface area contributed by atoms with Crippen LogP contribution in [0.1, 0.15) is 16.2 Å². The highest BCUT2D eigenvalue weighted by Crippen LogP contribution is 1.80. The molecule has 0 aliphatic carbocycles. The van der Waals surface area contributed by atoms with E-state index in [0.29, 0.717) is 0 Å². The minimum Gasteiger partial charge on any atom is -0.356 e. The second kappa shape index (κ2) is 5.02.